The molecule has 3 aromatic heterocycles. The van der Waals surface area contributed by atoms with Crippen LogP contribution in [0.25, 0.3) is 22.0 Å². The lowest BCUT2D eigenvalue weighted by Crippen LogP contribution is -2.51. The Kier molecular flexibility index (Phi) is 5.49. The quantitative estimate of drug-likeness (QED) is 0.457. The molecule has 1 N–H and O–H groups in total. The molecule has 0 spiro atoms. The van der Waals surface area contributed by atoms with Crippen molar-refractivity contribution in [3.05, 3.63) is 54.0 Å². The average Bonchev–Trinajstić information content (AvgIpc) is 3.49. The van der Waals surface area contributed by atoms with Crippen LogP contribution in [0.2, 0.25) is 0 Å². The zero-order valence-corrected chi connectivity index (χ0v) is 20.0. The Hall–Kier alpha value is -3.37. The van der Waals surface area contributed by atoms with Crippen LogP contribution in [0.1, 0.15) is 24.2 Å². The standard InChI is InChI=1S/C25H26N4O5S/c30-24(16-33-17-7-8-22-20(14-17)18-4-1-2-6-21(18)34-22)28-10-12-29(13-11-28)35(31,32)23-15-27-25-19(23)5-3-9-26-25/h3,5,7-9,14-15H,1-2,4,6,10-13,16H2,(H,26,27). The molecule has 0 radical (unpaired) electrons. The third kappa shape index (κ3) is 3.96. The van der Waals surface area contributed by atoms with E-state index in [1.54, 1.807) is 23.2 Å². The van der Waals surface area contributed by atoms with E-state index < -0.39 is 10.0 Å². The molecule has 2 aliphatic rings. The minimum absolute atomic E-state index is 0.0909. The van der Waals surface area contributed by atoms with E-state index >= 15 is 0 Å². The summed E-state index contributed by atoms with van der Waals surface area (Å²) in [5.74, 6) is 1.54. The molecule has 1 aliphatic carbocycles. The molecule has 0 bridgehead atoms. The van der Waals surface area contributed by atoms with Crippen molar-refractivity contribution in [1.29, 1.82) is 0 Å². The van der Waals surface area contributed by atoms with Gasteiger partial charge in [-0.1, -0.05) is 0 Å². The van der Waals surface area contributed by atoms with E-state index in [2.05, 4.69) is 9.97 Å². The van der Waals surface area contributed by atoms with E-state index in [0.29, 0.717) is 29.9 Å². The van der Waals surface area contributed by atoms with E-state index in [0.717, 1.165) is 42.4 Å². The number of piperazine rings is 1. The predicted octanol–water partition coefficient (Wildman–Crippen LogP) is 3.10. The van der Waals surface area contributed by atoms with Crippen LogP contribution in [0, 0.1) is 0 Å². The van der Waals surface area contributed by atoms with Crippen LogP contribution < -0.4 is 4.74 Å². The van der Waals surface area contributed by atoms with Gasteiger partial charge in [-0.15, -0.1) is 0 Å². The number of fused-ring (bicyclic) bond motifs is 4. The molecule has 0 saturated carbocycles. The second kappa shape index (κ2) is 8.69. The molecule has 1 aliphatic heterocycles. The number of furan rings is 1. The van der Waals surface area contributed by atoms with Crippen LogP contribution in [0.15, 0.2) is 52.0 Å². The minimum atomic E-state index is -3.69. The number of nitrogens with zero attached hydrogens (tertiary/aromatic N) is 3. The summed E-state index contributed by atoms with van der Waals surface area (Å²) in [6.07, 6.45) is 7.38. The molecule has 0 atom stereocenters. The number of nitrogens with one attached hydrogen (secondary N) is 1. The third-order valence-electron chi connectivity index (χ3n) is 6.91. The number of aromatic amines is 1. The van der Waals surface area contributed by atoms with Gasteiger partial charge < -0.3 is 19.0 Å². The first kappa shape index (κ1) is 22.1. The second-order valence-corrected chi connectivity index (χ2v) is 10.9. The first-order valence-electron chi connectivity index (χ1n) is 11.9. The number of H-pyrrole nitrogens is 1. The van der Waals surface area contributed by atoms with Crippen LogP contribution in [-0.4, -0.2) is 66.3 Å². The highest BCUT2D eigenvalue weighted by molar-refractivity contribution is 7.89. The maximum atomic E-state index is 13.2. The van der Waals surface area contributed by atoms with Crippen molar-refractivity contribution < 1.29 is 22.4 Å². The largest absolute Gasteiger partial charge is 0.484 e. The number of benzene rings is 1. The van der Waals surface area contributed by atoms with Gasteiger partial charge in [-0.25, -0.2) is 13.4 Å². The van der Waals surface area contributed by atoms with Gasteiger partial charge in [-0.2, -0.15) is 4.31 Å². The SMILES string of the molecule is O=C(COc1ccc2oc3c(c2c1)CCCC3)N1CCN(S(=O)(=O)c2c[nH]c3ncccc23)CC1. The summed E-state index contributed by atoms with van der Waals surface area (Å²) in [5, 5.41) is 1.63. The van der Waals surface area contributed by atoms with Crippen LogP contribution in [-0.2, 0) is 27.7 Å². The van der Waals surface area contributed by atoms with E-state index in [1.165, 1.54) is 16.1 Å². The predicted molar refractivity (Wildman–Crippen MR) is 130 cm³/mol. The van der Waals surface area contributed by atoms with Gasteiger partial charge in [-0.05, 0) is 49.6 Å². The number of carbonyl (C=O) groups is 1. The molecule has 1 fully saturated rings. The van der Waals surface area contributed by atoms with Crippen molar-refractivity contribution >= 4 is 37.9 Å². The number of rotatable bonds is 5. The lowest BCUT2D eigenvalue weighted by molar-refractivity contribution is -0.134. The van der Waals surface area contributed by atoms with Crippen molar-refractivity contribution in [1.82, 2.24) is 19.2 Å². The summed E-state index contributed by atoms with van der Waals surface area (Å²) in [5.41, 5.74) is 2.65. The first-order valence-corrected chi connectivity index (χ1v) is 13.3. The van der Waals surface area contributed by atoms with Gasteiger partial charge in [0.1, 0.15) is 27.6 Å². The van der Waals surface area contributed by atoms with Crippen molar-refractivity contribution in [2.75, 3.05) is 32.8 Å². The van der Waals surface area contributed by atoms with Gasteiger partial charge in [0.15, 0.2) is 6.61 Å². The Morgan fingerprint density at radius 3 is 2.77 bits per heavy atom. The smallest absolute Gasteiger partial charge is 0.260 e. The van der Waals surface area contributed by atoms with Gasteiger partial charge in [0.25, 0.3) is 5.91 Å². The number of carbonyl (C=O) groups excluding carboxylic acids is 1. The van der Waals surface area contributed by atoms with Gasteiger partial charge >= 0.3 is 0 Å². The highest BCUT2D eigenvalue weighted by atomic mass is 32.2. The number of aromatic nitrogens is 2. The summed E-state index contributed by atoms with van der Waals surface area (Å²) in [6, 6.07) is 9.13. The summed E-state index contributed by atoms with van der Waals surface area (Å²) >= 11 is 0. The molecule has 1 saturated heterocycles. The number of pyridine rings is 1. The molecule has 10 heteroatoms. The molecule has 6 rings (SSSR count). The van der Waals surface area contributed by atoms with Crippen molar-refractivity contribution in [2.24, 2.45) is 0 Å². The zero-order chi connectivity index (χ0) is 24.0. The fraction of sp³-hybridized carbons (Fsp3) is 0.360. The molecule has 1 amide bonds. The molecule has 4 aromatic rings. The molecule has 182 valence electrons. The lowest BCUT2D eigenvalue weighted by Gasteiger charge is -2.33. The number of amides is 1. The number of hydrogen-bond acceptors (Lipinski definition) is 6. The minimum Gasteiger partial charge on any atom is -0.484 e. The lowest BCUT2D eigenvalue weighted by atomic mass is 9.96. The van der Waals surface area contributed by atoms with Crippen LogP contribution in [0.4, 0.5) is 0 Å². The van der Waals surface area contributed by atoms with E-state index in [9.17, 15) is 13.2 Å². The third-order valence-corrected chi connectivity index (χ3v) is 8.85. The summed E-state index contributed by atoms with van der Waals surface area (Å²) in [4.78, 5) is 21.7. The Bertz CT molecular complexity index is 1520. The fourth-order valence-corrected chi connectivity index (χ4v) is 6.60. The van der Waals surface area contributed by atoms with E-state index in [4.69, 9.17) is 9.15 Å². The highest BCUT2D eigenvalue weighted by Crippen LogP contribution is 2.34. The van der Waals surface area contributed by atoms with Gasteiger partial charge in [0.2, 0.25) is 10.0 Å². The van der Waals surface area contributed by atoms with Gasteiger partial charge in [-0.3, -0.25) is 4.79 Å². The number of sulfonamides is 1. The Morgan fingerprint density at radius 2 is 1.91 bits per heavy atom. The number of aryl methyl sites for hydroxylation is 2. The van der Waals surface area contributed by atoms with E-state index in [-0.39, 0.29) is 30.5 Å². The topological polar surface area (TPSA) is 109 Å². The maximum absolute atomic E-state index is 13.2. The number of ether oxygens (including phenoxy) is 1. The number of hydrogen-bond donors (Lipinski definition) is 1. The summed E-state index contributed by atoms with van der Waals surface area (Å²) in [7, 11) is -3.69. The monoisotopic (exact) mass is 494 g/mol. The summed E-state index contributed by atoms with van der Waals surface area (Å²) in [6.45, 7) is 1.00. The molecule has 35 heavy (non-hydrogen) atoms. The zero-order valence-electron chi connectivity index (χ0n) is 19.2. The molecule has 9 nitrogen and oxygen atoms in total. The fourth-order valence-electron chi connectivity index (χ4n) is 5.03. The summed E-state index contributed by atoms with van der Waals surface area (Å²) < 4.78 is 39.6. The molecule has 0 unspecified atom stereocenters. The van der Waals surface area contributed by atoms with Crippen molar-refractivity contribution in [2.45, 2.75) is 30.6 Å². The average molecular weight is 495 g/mol. The highest BCUT2D eigenvalue weighted by Gasteiger charge is 2.32. The Labute approximate surface area is 202 Å². The molecule has 4 heterocycles. The molecule has 1 aromatic carbocycles. The Morgan fingerprint density at radius 1 is 1.09 bits per heavy atom. The maximum Gasteiger partial charge on any atom is 0.260 e. The van der Waals surface area contributed by atoms with E-state index in [1.807, 2.05) is 18.2 Å². The van der Waals surface area contributed by atoms with Crippen molar-refractivity contribution in [3.63, 3.8) is 0 Å². The first-order chi connectivity index (χ1) is 17.0. The van der Waals surface area contributed by atoms with Gasteiger partial charge in [0.05, 0.1) is 0 Å². The normalized spacial score (nSPS) is 17.1. The van der Waals surface area contributed by atoms with Crippen molar-refractivity contribution in [3.8, 4) is 5.75 Å². The van der Waals surface area contributed by atoms with Crippen LogP contribution in [0.5, 0.6) is 5.75 Å². The van der Waals surface area contributed by atoms with Crippen LogP contribution >= 0.6 is 0 Å². The Balaban J connectivity index is 1.08. The van der Waals surface area contributed by atoms with Gasteiger partial charge in [0, 0.05) is 61.3 Å². The molecular formula is C25H26N4O5S. The van der Waals surface area contributed by atoms with Crippen LogP contribution in [0.3, 0.4) is 0 Å². The second-order valence-electron chi connectivity index (χ2n) is 8.99. The molecular weight excluding hydrogens is 468 g/mol.